The summed E-state index contributed by atoms with van der Waals surface area (Å²) in [6.07, 6.45) is 0. The van der Waals surface area contributed by atoms with Crippen LogP contribution >= 0.6 is 0 Å². The molecular weight excluding hydrogens is 360 g/mol. The van der Waals surface area contributed by atoms with Gasteiger partial charge in [-0.25, -0.2) is 4.98 Å². The number of rotatable bonds is 6. The Bertz CT molecular complexity index is 767. The van der Waals surface area contributed by atoms with Crippen molar-refractivity contribution in [2.75, 3.05) is 54.1 Å². The average Bonchev–Trinajstić information content (AvgIpc) is 3.17. The first-order valence-electron chi connectivity index (χ1n) is 9.56. The fourth-order valence-electron chi connectivity index (χ4n) is 4.17. The average molecular weight is 390 g/mol. The van der Waals surface area contributed by atoms with Gasteiger partial charge in [0.1, 0.15) is 0 Å². The fourth-order valence-corrected chi connectivity index (χ4v) is 4.17. The number of fused-ring (bicyclic) bond motifs is 1. The molecule has 2 amide bonds. The third-order valence-corrected chi connectivity index (χ3v) is 5.81. The van der Waals surface area contributed by atoms with Crippen LogP contribution in [0.1, 0.15) is 16.8 Å². The summed E-state index contributed by atoms with van der Waals surface area (Å²) in [5.74, 6) is 0.653. The van der Waals surface area contributed by atoms with Crippen LogP contribution in [-0.4, -0.2) is 80.7 Å². The normalized spacial score (nSPS) is 24.1. The van der Waals surface area contributed by atoms with E-state index in [0.29, 0.717) is 45.3 Å². The molecule has 0 spiro atoms. The Hall–Kier alpha value is -2.19. The number of hydrogen-bond acceptors (Lipinski definition) is 6. The number of aryl methyl sites for hydroxylation is 2. The highest BCUT2D eigenvalue weighted by Crippen LogP contribution is 2.41. The summed E-state index contributed by atoms with van der Waals surface area (Å²) in [7, 11) is 5.08. The molecule has 8 heteroatoms. The summed E-state index contributed by atoms with van der Waals surface area (Å²) in [4.78, 5) is 33.3. The van der Waals surface area contributed by atoms with E-state index >= 15 is 0 Å². The highest BCUT2D eigenvalue weighted by Gasteiger charge is 2.55. The summed E-state index contributed by atoms with van der Waals surface area (Å²) in [6.45, 7) is 6.75. The largest absolute Gasteiger partial charge is 0.481 e. The molecule has 0 saturated carbocycles. The van der Waals surface area contributed by atoms with Gasteiger partial charge in [-0.15, -0.1) is 0 Å². The minimum Gasteiger partial charge on any atom is -0.481 e. The van der Waals surface area contributed by atoms with Crippen molar-refractivity contribution in [2.45, 2.75) is 20.4 Å². The molecule has 2 atom stereocenters. The lowest BCUT2D eigenvalue weighted by Crippen LogP contribution is -2.47. The van der Waals surface area contributed by atoms with Crippen LogP contribution in [0, 0.1) is 25.2 Å². The maximum absolute atomic E-state index is 13.2. The van der Waals surface area contributed by atoms with Gasteiger partial charge in [-0.2, -0.15) is 0 Å². The minimum absolute atomic E-state index is 0.0307. The number of pyridine rings is 1. The van der Waals surface area contributed by atoms with E-state index in [-0.39, 0.29) is 17.7 Å². The maximum Gasteiger partial charge on any atom is 0.236 e. The predicted molar refractivity (Wildman–Crippen MR) is 104 cm³/mol. The standard InChI is InChI=1S/C20H30N4O4/c1-13-6-14(2)22-18(27-5)16(13)7-21-19(26)20-11-24(9-17(25)23(3)4)8-15(20)10-28-12-20/h6,15H,7-12H2,1-5H3,(H,21,26)/t15?,20-/m1/s1. The van der Waals surface area contributed by atoms with Gasteiger partial charge >= 0.3 is 0 Å². The third-order valence-electron chi connectivity index (χ3n) is 5.81. The minimum atomic E-state index is -0.605. The summed E-state index contributed by atoms with van der Waals surface area (Å²) >= 11 is 0. The molecule has 0 bridgehead atoms. The van der Waals surface area contributed by atoms with Crippen molar-refractivity contribution in [3.63, 3.8) is 0 Å². The lowest BCUT2D eigenvalue weighted by Gasteiger charge is -2.26. The molecule has 1 aromatic heterocycles. The monoisotopic (exact) mass is 390 g/mol. The Morgan fingerprint density at radius 2 is 2.18 bits per heavy atom. The van der Waals surface area contributed by atoms with Crippen LogP contribution in [-0.2, 0) is 20.9 Å². The molecule has 3 rings (SSSR count). The molecule has 2 aliphatic heterocycles. The van der Waals surface area contributed by atoms with Gasteiger partial charge in [-0.1, -0.05) is 0 Å². The van der Waals surface area contributed by atoms with Gasteiger partial charge in [0.15, 0.2) is 0 Å². The van der Waals surface area contributed by atoms with Crippen molar-refractivity contribution in [3.05, 3.63) is 22.9 Å². The van der Waals surface area contributed by atoms with E-state index in [4.69, 9.17) is 9.47 Å². The maximum atomic E-state index is 13.2. The Balaban J connectivity index is 1.71. The second kappa shape index (κ2) is 8.05. The molecule has 1 N–H and O–H groups in total. The van der Waals surface area contributed by atoms with Crippen LogP contribution in [0.15, 0.2) is 6.07 Å². The van der Waals surface area contributed by atoms with Crippen LogP contribution < -0.4 is 10.1 Å². The molecule has 3 heterocycles. The van der Waals surface area contributed by atoms with Crippen LogP contribution in [0.2, 0.25) is 0 Å². The highest BCUT2D eigenvalue weighted by molar-refractivity contribution is 5.85. The zero-order valence-corrected chi connectivity index (χ0v) is 17.4. The molecule has 8 nitrogen and oxygen atoms in total. The summed E-state index contributed by atoms with van der Waals surface area (Å²) < 4.78 is 11.0. The fraction of sp³-hybridized carbons (Fsp3) is 0.650. The van der Waals surface area contributed by atoms with Crippen molar-refractivity contribution in [1.82, 2.24) is 20.1 Å². The van der Waals surface area contributed by atoms with E-state index in [1.54, 1.807) is 26.1 Å². The Morgan fingerprint density at radius 3 is 2.86 bits per heavy atom. The van der Waals surface area contributed by atoms with Crippen molar-refractivity contribution in [2.24, 2.45) is 11.3 Å². The van der Waals surface area contributed by atoms with Crippen molar-refractivity contribution >= 4 is 11.8 Å². The smallest absolute Gasteiger partial charge is 0.236 e. The second-order valence-corrected chi connectivity index (χ2v) is 8.08. The van der Waals surface area contributed by atoms with Gasteiger partial charge in [0.25, 0.3) is 0 Å². The summed E-state index contributed by atoms with van der Waals surface area (Å²) in [5, 5.41) is 3.07. The van der Waals surface area contributed by atoms with E-state index in [1.807, 2.05) is 19.9 Å². The van der Waals surface area contributed by atoms with E-state index in [2.05, 4.69) is 15.2 Å². The van der Waals surface area contributed by atoms with E-state index < -0.39 is 5.41 Å². The Labute approximate surface area is 166 Å². The highest BCUT2D eigenvalue weighted by atomic mass is 16.5. The zero-order chi connectivity index (χ0) is 20.5. The van der Waals surface area contributed by atoms with Crippen molar-refractivity contribution in [3.8, 4) is 5.88 Å². The first-order valence-corrected chi connectivity index (χ1v) is 9.56. The second-order valence-electron chi connectivity index (χ2n) is 8.08. The molecule has 1 unspecified atom stereocenters. The van der Waals surface area contributed by atoms with Gasteiger partial charge < -0.3 is 19.7 Å². The van der Waals surface area contributed by atoms with E-state index in [1.165, 1.54) is 0 Å². The number of hydrogen-bond donors (Lipinski definition) is 1. The number of aromatic nitrogens is 1. The first-order chi connectivity index (χ1) is 13.3. The first kappa shape index (κ1) is 20.5. The van der Waals surface area contributed by atoms with Gasteiger partial charge in [0.05, 0.1) is 32.3 Å². The van der Waals surface area contributed by atoms with E-state index in [9.17, 15) is 9.59 Å². The molecule has 0 aromatic carbocycles. The molecule has 0 aliphatic carbocycles. The van der Waals surface area contributed by atoms with Gasteiger partial charge in [-0.3, -0.25) is 14.5 Å². The molecule has 28 heavy (non-hydrogen) atoms. The van der Waals surface area contributed by atoms with Gasteiger partial charge in [0, 0.05) is 50.9 Å². The van der Waals surface area contributed by atoms with Crippen molar-refractivity contribution in [1.29, 1.82) is 0 Å². The number of likely N-dealkylation sites (N-methyl/N-ethyl adjacent to an activating group) is 1. The number of nitrogens with zero attached hydrogens (tertiary/aromatic N) is 3. The van der Waals surface area contributed by atoms with Crippen molar-refractivity contribution < 1.29 is 19.1 Å². The van der Waals surface area contributed by atoms with Gasteiger partial charge in [0.2, 0.25) is 17.7 Å². The third kappa shape index (κ3) is 3.84. The van der Waals surface area contributed by atoms with Crippen LogP contribution in [0.25, 0.3) is 0 Å². The SMILES string of the molecule is COc1nc(C)cc(C)c1CNC(=O)[C@]12COCC1CN(CC(=O)N(C)C)C2. The Morgan fingerprint density at radius 1 is 1.43 bits per heavy atom. The van der Waals surface area contributed by atoms with Gasteiger partial charge in [-0.05, 0) is 25.5 Å². The number of amides is 2. The number of carbonyl (C=O) groups excluding carboxylic acids is 2. The quantitative estimate of drug-likeness (QED) is 0.755. The lowest BCUT2D eigenvalue weighted by atomic mass is 9.80. The van der Waals surface area contributed by atoms with Crippen LogP contribution in [0.5, 0.6) is 5.88 Å². The predicted octanol–water partition coefficient (Wildman–Crippen LogP) is 0.360. The Kier molecular flexibility index (Phi) is 5.90. The number of ether oxygens (including phenoxy) is 2. The molecular formula is C20H30N4O4. The van der Waals surface area contributed by atoms with Crippen LogP contribution in [0.4, 0.5) is 0 Å². The van der Waals surface area contributed by atoms with Crippen LogP contribution in [0.3, 0.4) is 0 Å². The molecule has 2 aliphatic rings. The number of methoxy groups -OCH3 is 1. The molecule has 154 valence electrons. The van der Waals surface area contributed by atoms with E-state index in [0.717, 1.165) is 16.8 Å². The zero-order valence-electron chi connectivity index (χ0n) is 17.4. The molecule has 2 fully saturated rings. The molecule has 0 radical (unpaired) electrons. The summed E-state index contributed by atoms with van der Waals surface area (Å²) in [5.41, 5.74) is 2.19. The topological polar surface area (TPSA) is 84.0 Å². The number of nitrogens with one attached hydrogen (secondary N) is 1. The summed E-state index contributed by atoms with van der Waals surface area (Å²) in [6, 6.07) is 1.98. The molecule has 1 aromatic rings. The lowest BCUT2D eigenvalue weighted by molar-refractivity contribution is -0.133. The number of carbonyl (C=O) groups is 2. The number of likely N-dealkylation sites (tertiary alicyclic amines) is 1. The molecule has 2 saturated heterocycles.